The Hall–Kier alpha value is -3.68. The number of H-pyrrole nitrogens is 1. The number of aromatic nitrogens is 1. The summed E-state index contributed by atoms with van der Waals surface area (Å²) in [5, 5.41) is 5.44. The number of hydrogen-bond acceptors (Lipinski definition) is 3. The van der Waals surface area contributed by atoms with Crippen molar-refractivity contribution in [1.82, 2.24) is 15.2 Å². The van der Waals surface area contributed by atoms with Crippen LogP contribution in [-0.4, -0.2) is 53.4 Å². The molecule has 0 radical (unpaired) electrons. The van der Waals surface area contributed by atoms with Crippen molar-refractivity contribution in [2.75, 3.05) is 25.5 Å². The van der Waals surface area contributed by atoms with Gasteiger partial charge in [0.05, 0.1) is 11.4 Å². The van der Waals surface area contributed by atoms with Crippen molar-refractivity contribution < 1.29 is 4.79 Å². The number of rotatable bonds is 5. The van der Waals surface area contributed by atoms with Crippen molar-refractivity contribution in [3.63, 3.8) is 0 Å². The molecule has 0 saturated carbocycles. The molecular formula is C28H26ClN5OS. The number of carbonyl (C=O) groups is 1. The number of aromatic amines is 1. The Morgan fingerprint density at radius 2 is 1.89 bits per heavy atom. The van der Waals surface area contributed by atoms with Crippen LogP contribution in [-0.2, 0) is 11.2 Å². The van der Waals surface area contributed by atoms with Gasteiger partial charge in [0, 0.05) is 53.9 Å². The zero-order chi connectivity index (χ0) is 25.2. The first kappa shape index (κ1) is 24.0. The second-order valence-corrected chi connectivity index (χ2v) is 9.61. The van der Waals surface area contributed by atoms with E-state index in [4.69, 9.17) is 28.8 Å². The van der Waals surface area contributed by atoms with E-state index in [1.807, 2.05) is 72.7 Å². The van der Waals surface area contributed by atoms with Gasteiger partial charge in [0.2, 0.25) is 6.17 Å². The van der Waals surface area contributed by atoms with E-state index in [1.54, 1.807) is 18.0 Å². The molecule has 2 N–H and O–H groups in total. The van der Waals surface area contributed by atoms with E-state index in [1.165, 1.54) is 10.9 Å². The highest BCUT2D eigenvalue weighted by molar-refractivity contribution is 7.80. The van der Waals surface area contributed by atoms with Crippen LogP contribution in [0.5, 0.6) is 0 Å². The monoisotopic (exact) mass is 515 g/mol. The summed E-state index contributed by atoms with van der Waals surface area (Å²) in [6.45, 7) is 0.690. The summed E-state index contributed by atoms with van der Waals surface area (Å²) in [5.41, 5.74) is 5.47. The molecular weight excluding hydrogens is 490 g/mol. The largest absolute Gasteiger partial charge is 0.361 e. The molecule has 1 amide bonds. The van der Waals surface area contributed by atoms with Gasteiger partial charge in [-0.1, -0.05) is 60.1 Å². The minimum Gasteiger partial charge on any atom is -0.361 e. The first-order valence-electron chi connectivity index (χ1n) is 11.7. The smallest absolute Gasteiger partial charge is 0.272 e. The van der Waals surface area contributed by atoms with Crippen LogP contribution in [0.15, 0.2) is 84.0 Å². The number of fused-ring (bicyclic) bond motifs is 2. The number of hydrogen-bond donors (Lipinski definition) is 2. The molecule has 1 aromatic heterocycles. The van der Waals surface area contributed by atoms with Crippen LogP contribution in [0.3, 0.4) is 0 Å². The van der Waals surface area contributed by atoms with E-state index in [9.17, 15) is 4.79 Å². The van der Waals surface area contributed by atoms with Gasteiger partial charge >= 0.3 is 0 Å². The maximum atomic E-state index is 13.5. The summed E-state index contributed by atoms with van der Waals surface area (Å²) in [6, 6.07) is 23.5. The number of likely N-dealkylation sites (N-methyl/N-ethyl adjacent to an activating group) is 2. The van der Waals surface area contributed by atoms with Gasteiger partial charge in [0.15, 0.2) is 5.11 Å². The van der Waals surface area contributed by atoms with Crippen LogP contribution >= 0.6 is 23.8 Å². The topological polar surface area (TPSA) is 63.7 Å². The van der Waals surface area contributed by atoms with Crippen molar-refractivity contribution >= 4 is 57.1 Å². The summed E-state index contributed by atoms with van der Waals surface area (Å²) in [7, 11) is 3.67. The number of benzodiazepines with no additional fused rings is 1. The van der Waals surface area contributed by atoms with Crippen LogP contribution in [0.25, 0.3) is 10.9 Å². The van der Waals surface area contributed by atoms with Crippen LogP contribution in [0.1, 0.15) is 16.7 Å². The Balaban J connectivity index is 1.39. The first-order chi connectivity index (χ1) is 17.4. The molecule has 1 aliphatic rings. The Labute approximate surface area is 220 Å². The summed E-state index contributed by atoms with van der Waals surface area (Å²) >= 11 is 12.0. The Morgan fingerprint density at radius 1 is 1.14 bits per heavy atom. The van der Waals surface area contributed by atoms with Gasteiger partial charge in [0.1, 0.15) is 0 Å². The predicted octanol–water partition coefficient (Wildman–Crippen LogP) is 5.01. The molecule has 5 rings (SSSR count). The third-order valence-corrected chi connectivity index (χ3v) is 7.11. The fourth-order valence-corrected chi connectivity index (χ4v) is 4.80. The lowest BCUT2D eigenvalue weighted by Gasteiger charge is -2.25. The number of benzene rings is 3. The Bertz CT molecular complexity index is 1470. The van der Waals surface area contributed by atoms with E-state index in [-0.39, 0.29) is 5.91 Å². The van der Waals surface area contributed by atoms with Crippen LogP contribution < -0.4 is 10.2 Å². The van der Waals surface area contributed by atoms with Gasteiger partial charge in [-0.05, 0) is 48.5 Å². The minimum absolute atomic E-state index is 0.197. The molecule has 1 aliphatic heterocycles. The van der Waals surface area contributed by atoms with Crippen LogP contribution in [0.2, 0.25) is 5.02 Å². The molecule has 1 unspecified atom stereocenters. The average molecular weight is 516 g/mol. The molecule has 0 aliphatic carbocycles. The molecule has 0 fully saturated rings. The van der Waals surface area contributed by atoms with Gasteiger partial charge in [-0.3, -0.25) is 4.79 Å². The van der Waals surface area contributed by atoms with Crippen molar-refractivity contribution in [2.45, 2.75) is 12.6 Å². The molecule has 6 nitrogen and oxygen atoms in total. The minimum atomic E-state index is -0.876. The second kappa shape index (κ2) is 10.1. The number of amides is 1. The summed E-state index contributed by atoms with van der Waals surface area (Å²) in [4.78, 5) is 25.2. The summed E-state index contributed by atoms with van der Waals surface area (Å²) in [5.74, 6) is -0.197. The van der Waals surface area contributed by atoms with Crippen LogP contribution in [0.4, 0.5) is 5.69 Å². The molecule has 0 saturated heterocycles. The standard InChI is InChI=1S/C28H26ClN5OS/c1-33(15-14-19-17-30-23-11-7-6-10-21(19)23)28(36)32-26-27(35)34(2)24-13-12-20(29)16-22(24)25(31-26)18-8-4-3-5-9-18/h3-13,16-17,26,30H,14-15H2,1-2H3,(H,32,36). The average Bonchev–Trinajstić information content (AvgIpc) is 3.28. The van der Waals surface area contributed by atoms with Crippen molar-refractivity contribution in [3.8, 4) is 0 Å². The number of aliphatic imine (C=N–C) groups is 1. The molecule has 3 aromatic carbocycles. The van der Waals surface area contributed by atoms with E-state index in [0.29, 0.717) is 22.4 Å². The fourth-order valence-electron chi connectivity index (χ4n) is 4.42. The summed E-state index contributed by atoms with van der Waals surface area (Å²) < 4.78 is 0. The van der Waals surface area contributed by atoms with E-state index in [0.717, 1.165) is 28.8 Å². The number of thiocarbonyl (C=S) groups is 1. The van der Waals surface area contributed by atoms with Gasteiger partial charge < -0.3 is 20.1 Å². The summed E-state index contributed by atoms with van der Waals surface area (Å²) in [6.07, 6.45) is 1.97. The fraction of sp³-hybridized carbons (Fsp3) is 0.179. The molecule has 0 bridgehead atoms. The van der Waals surface area contributed by atoms with E-state index in [2.05, 4.69) is 22.4 Å². The second-order valence-electron chi connectivity index (χ2n) is 8.79. The maximum Gasteiger partial charge on any atom is 0.272 e. The van der Waals surface area contributed by atoms with Crippen LogP contribution in [0, 0.1) is 0 Å². The highest BCUT2D eigenvalue weighted by Crippen LogP contribution is 2.30. The number of halogens is 1. The van der Waals surface area contributed by atoms with Crippen molar-refractivity contribution in [1.29, 1.82) is 0 Å². The molecule has 4 aromatic rings. The highest BCUT2D eigenvalue weighted by atomic mass is 35.5. The normalized spacial score (nSPS) is 15.3. The number of nitrogens with zero attached hydrogens (tertiary/aromatic N) is 3. The molecule has 1 atom stereocenters. The van der Waals surface area contributed by atoms with Gasteiger partial charge in [0.25, 0.3) is 5.91 Å². The highest BCUT2D eigenvalue weighted by Gasteiger charge is 2.31. The van der Waals surface area contributed by atoms with E-state index < -0.39 is 6.17 Å². The Morgan fingerprint density at radius 3 is 2.69 bits per heavy atom. The quantitative estimate of drug-likeness (QED) is 0.367. The molecule has 8 heteroatoms. The lowest BCUT2D eigenvalue weighted by atomic mass is 10.0. The molecule has 2 heterocycles. The Kier molecular flexibility index (Phi) is 6.76. The van der Waals surface area contributed by atoms with Crippen molar-refractivity contribution in [3.05, 3.63) is 101 Å². The SMILES string of the molecule is CN(CCc1c[nH]c2ccccc12)C(=S)NC1N=C(c2ccccc2)c2cc(Cl)ccc2N(C)C1=O. The third-order valence-electron chi connectivity index (χ3n) is 6.44. The van der Waals surface area contributed by atoms with Gasteiger partial charge in [-0.2, -0.15) is 0 Å². The first-order valence-corrected chi connectivity index (χ1v) is 12.5. The third kappa shape index (κ3) is 4.72. The zero-order valence-corrected chi connectivity index (χ0v) is 21.6. The number of carbonyl (C=O) groups excluding carboxylic acids is 1. The lowest BCUT2D eigenvalue weighted by Crippen LogP contribution is -2.50. The number of nitrogens with one attached hydrogen (secondary N) is 2. The molecule has 36 heavy (non-hydrogen) atoms. The zero-order valence-electron chi connectivity index (χ0n) is 20.0. The lowest BCUT2D eigenvalue weighted by molar-refractivity contribution is -0.119. The van der Waals surface area contributed by atoms with Crippen molar-refractivity contribution in [2.24, 2.45) is 4.99 Å². The molecule has 0 spiro atoms. The predicted molar refractivity (Wildman–Crippen MR) is 151 cm³/mol. The number of anilines is 1. The van der Waals surface area contributed by atoms with Gasteiger partial charge in [-0.15, -0.1) is 0 Å². The van der Waals surface area contributed by atoms with Gasteiger partial charge in [-0.25, -0.2) is 4.99 Å². The van der Waals surface area contributed by atoms with E-state index >= 15 is 0 Å². The molecule has 182 valence electrons. The number of para-hydroxylation sites is 1. The maximum absolute atomic E-state index is 13.5.